The summed E-state index contributed by atoms with van der Waals surface area (Å²) in [5, 5.41) is 5.66. The topological polar surface area (TPSA) is 84.5 Å². The molecule has 0 fully saturated rings. The van der Waals surface area contributed by atoms with E-state index in [1.807, 2.05) is 6.92 Å². The summed E-state index contributed by atoms with van der Waals surface area (Å²) in [6.07, 6.45) is 1.67. The molecule has 0 saturated carbocycles. The fourth-order valence-corrected chi connectivity index (χ4v) is 2.17. The Kier molecular flexibility index (Phi) is 9.13. The van der Waals surface area contributed by atoms with Crippen molar-refractivity contribution in [3.63, 3.8) is 0 Å². The number of carbonyl (C=O) groups excluding carboxylic acids is 3. The number of ether oxygens (including phenoxy) is 1. The number of nitrogens with one attached hydrogen (secondary N) is 2. The number of carbonyl (C=O) groups is 3. The third kappa shape index (κ3) is 8.44. The van der Waals surface area contributed by atoms with Gasteiger partial charge in [0.2, 0.25) is 11.8 Å². The second-order valence-corrected chi connectivity index (χ2v) is 5.62. The van der Waals surface area contributed by atoms with Crippen molar-refractivity contribution < 1.29 is 19.1 Å². The predicted octanol–water partition coefficient (Wildman–Crippen LogP) is 1.69. The molecule has 0 aliphatic carbocycles. The largest absolute Gasteiger partial charge is 0.457 e. The van der Waals surface area contributed by atoms with Gasteiger partial charge in [-0.05, 0) is 26.7 Å². The van der Waals surface area contributed by atoms with E-state index in [0.29, 0.717) is 12.0 Å². The Bertz CT molecular complexity index is 420. The van der Waals surface area contributed by atoms with E-state index in [0.717, 1.165) is 12.8 Å². The van der Waals surface area contributed by atoms with E-state index < -0.39 is 12.1 Å². The van der Waals surface area contributed by atoms with Gasteiger partial charge in [-0.1, -0.05) is 19.9 Å². The molecule has 6 nitrogen and oxygen atoms in total. The van der Waals surface area contributed by atoms with Crippen LogP contribution in [0.25, 0.3) is 0 Å². The van der Waals surface area contributed by atoms with Crippen LogP contribution in [0, 0.1) is 0 Å². The highest BCUT2D eigenvalue weighted by Crippen LogP contribution is 2.12. The molecule has 0 spiro atoms. The molecule has 0 heterocycles. The standard InChI is InChI=1S/C16H28N2O4/c1-7-8-14(17-12(5)19)9-15(18-13(6)20)11(4)22-16(21)10(2)3/h11,14-15H,2,7-9H2,1,3-6H3,(H,17,19)(H,18,20). The van der Waals surface area contributed by atoms with Crippen LogP contribution in [0.15, 0.2) is 12.2 Å². The molecule has 3 atom stereocenters. The first-order valence-corrected chi connectivity index (χ1v) is 7.58. The van der Waals surface area contributed by atoms with Gasteiger partial charge >= 0.3 is 5.97 Å². The third-order valence-electron chi connectivity index (χ3n) is 3.18. The second kappa shape index (κ2) is 9.97. The lowest BCUT2D eigenvalue weighted by Crippen LogP contribution is -2.48. The Morgan fingerprint density at radius 2 is 1.64 bits per heavy atom. The SMILES string of the molecule is C=C(C)C(=O)OC(C)C(CC(CCC)NC(C)=O)NC(C)=O. The number of hydrogen-bond acceptors (Lipinski definition) is 4. The summed E-state index contributed by atoms with van der Waals surface area (Å²) in [6, 6.07) is -0.450. The van der Waals surface area contributed by atoms with E-state index in [-0.39, 0.29) is 23.9 Å². The molecule has 0 aliphatic heterocycles. The fraction of sp³-hybridized carbons (Fsp3) is 0.688. The van der Waals surface area contributed by atoms with Crippen molar-refractivity contribution in [2.75, 3.05) is 0 Å². The van der Waals surface area contributed by atoms with E-state index in [2.05, 4.69) is 17.2 Å². The first kappa shape index (κ1) is 20.1. The smallest absolute Gasteiger partial charge is 0.333 e. The van der Waals surface area contributed by atoms with E-state index in [4.69, 9.17) is 4.74 Å². The molecule has 0 aromatic carbocycles. The molecule has 3 unspecified atom stereocenters. The Labute approximate surface area is 132 Å². The van der Waals surface area contributed by atoms with Gasteiger partial charge in [-0.2, -0.15) is 0 Å². The Morgan fingerprint density at radius 3 is 2.05 bits per heavy atom. The Morgan fingerprint density at radius 1 is 1.09 bits per heavy atom. The molecule has 0 saturated heterocycles. The van der Waals surface area contributed by atoms with Gasteiger partial charge in [-0.15, -0.1) is 0 Å². The lowest BCUT2D eigenvalue weighted by molar-refractivity contribution is -0.146. The van der Waals surface area contributed by atoms with Gasteiger partial charge in [0, 0.05) is 25.5 Å². The number of esters is 1. The quantitative estimate of drug-likeness (QED) is 0.501. The molecule has 22 heavy (non-hydrogen) atoms. The summed E-state index contributed by atoms with van der Waals surface area (Å²) < 4.78 is 5.29. The zero-order valence-electron chi connectivity index (χ0n) is 14.2. The number of amides is 2. The highest BCUT2D eigenvalue weighted by atomic mass is 16.5. The average Bonchev–Trinajstić information content (AvgIpc) is 2.36. The average molecular weight is 312 g/mol. The van der Waals surface area contributed by atoms with Gasteiger partial charge in [0.25, 0.3) is 0 Å². The molecular weight excluding hydrogens is 284 g/mol. The highest BCUT2D eigenvalue weighted by Gasteiger charge is 2.25. The summed E-state index contributed by atoms with van der Waals surface area (Å²) >= 11 is 0. The van der Waals surface area contributed by atoms with Crippen LogP contribution in [-0.2, 0) is 19.1 Å². The van der Waals surface area contributed by atoms with Crippen molar-refractivity contribution in [3.8, 4) is 0 Å². The van der Waals surface area contributed by atoms with Gasteiger partial charge < -0.3 is 15.4 Å². The van der Waals surface area contributed by atoms with Crippen LogP contribution in [0.1, 0.15) is 53.9 Å². The molecule has 2 N–H and O–H groups in total. The van der Waals surface area contributed by atoms with E-state index >= 15 is 0 Å². The van der Waals surface area contributed by atoms with Crippen molar-refractivity contribution >= 4 is 17.8 Å². The maximum absolute atomic E-state index is 11.6. The molecular formula is C16H28N2O4. The van der Waals surface area contributed by atoms with Crippen LogP contribution in [0.4, 0.5) is 0 Å². The zero-order chi connectivity index (χ0) is 17.3. The van der Waals surface area contributed by atoms with Gasteiger partial charge in [0.05, 0.1) is 6.04 Å². The van der Waals surface area contributed by atoms with Crippen LogP contribution < -0.4 is 10.6 Å². The Balaban J connectivity index is 4.92. The predicted molar refractivity (Wildman–Crippen MR) is 85.1 cm³/mol. The van der Waals surface area contributed by atoms with Gasteiger partial charge in [-0.3, -0.25) is 9.59 Å². The van der Waals surface area contributed by atoms with Crippen LogP contribution >= 0.6 is 0 Å². The molecule has 0 bridgehead atoms. The van der Waals surface area contributed by atoms with E-state index in [9.17, 15) is 14.4 Å². The second-order valence-electron chi connectivity index (χ2n) is 5.62. The molecule has 0 rings (SSSR count). The third-order valence-corrected chi connectivity index (χ3v) is 3.18. The molecule has 0 radical (unpaired) electrons. The van der Waals surface area contributed by atoms with E-state index in [1.165, 1.54) is 13.8 Å². The van der Waals surface area contributed by atoms with Crippen molar-refractivity contribution in [3.05, 3.63) is 12.2 Å². The summed E-state index contributed by atoms with van der Waals surface area (Å²) in [6.45, 7) is 11.7. The first-order chi connectivity index (χ1) is 10.2. The summed E-state index contributed by atoms with van der Waals surface area (Å²) in [4.78, 5) is 34.3. The van der Waals surface area contributed by atoms with Crippen LogP contribution in [0.2, 0.25) is 0 Å². The summed E-state index contributed by atoms with van der Waals surface area (Å²) in [7, 11) is 0. The molecule has 126 valence electrons. The highest BCUT2D eigenvalue weighted by molar-refractivity contribution is 5.87. The summed E-state index contributed by atoms with van der Waals surface area (Å²) in [5.74, 6) is -0.817. The fourth-order valence-electron chi connectivity index (χ4n) is 2.17. The summed E-state index contributed by atoms with van der Waals surface area (Å²) in [5.41, 5.74) is 0.306. The van der Waals surface area contributed by atoms with Crippen molar-refractivity contribution in [1.82, 2.24) is 10.6 Å². The van der Waals surface area contributed by atoms with Crippen molar-refractivity contribution in [1.29, 1.82) is 0 Å². The van der Waals surface area contributed by atoms with Gasteiger partial charge in [-0.25, -0.2) is 4.79 Å². The minimum absolute atomic E-state index is 0.0784. The zero-order valence-corrected chi connectivity index (χ0v) is 14.2. The molecule has 0 aliphatic rings. The van der Waals surface area contributed by atoms with Crippen LogP contribution in [-0.4, -0.2) is 36.0 Å². The van der Waals surface area contributed by atoms with Crippen molar-refractivity contribution in [2.45, 2.75) is 72.1 Å². The first-order valence-electron chi connectivity index (χ1n) is 7.58. The Hall–Kier alpha value is -1.85. The normalized spacial score (nSPS) is 14.4. The van der Waals surface area contributed by atoms with Crippen molar-refractivity contribution in [2.24, 2.45) is 0 Å². The maximum atomic E-state index is 11.6. The number of hydrogen-bond donors (Lipinski definition) is 2. The molecule has 6 heteroatoms. The van der Waals surface area contributed by atoms with Crippen LogP contribution in [0.3, 0.4) is 0 Å². The minimum Gasteiger partial charge on any atom is -0.457 e. The van der Waals surface area contributed by atoms with E-state index in [1.54, 1.807) is 13.8 Å². The molecule has 0 aromatic heterocycles. The lowest BCUT2D eigenvalue weighted by Gasteiger charge is -2.29. The monoisotopic (exact) mass is 312 g/mol. The minimum atomic E-state index is -0.513. The number of rotatable bonds is 9. The molecule has 2 amide bonds. The van der Waals surface area contributed by atoms with Gasteiger partial charge in [0.15, 0.2) is 0 Å². The van der Waals surface area contributed by atoms with Crippen LogP contribution in [0.5, 0.6) is 0 Å². The lowest BCUT2D eigenvalue weighted by atomic mass is 9.99. The maximum Gasteiger partial charge on any atom is 0.333 e. The van der Waals surface area contributed by atoms with Gasteiger partial charge in [0.1, 0.15) is 6.10 Å². The molecule has 0 aromatic rings.